The van der Waals surface area contributed by atoms with E-state index >= 15 is 0 Å². The first-order chi connectivity index (χ1) is 6.47. The molecule has 0 amide bonds. The van der Waals surface area contributed by atoms with Gasteiger partial charge in [-0.2, -0.15) is 24.9 Å². The zero-order chi connectivity index (χ0) is 10.7. The van der Waals surface area contributed by atoms with E-state index in [9.17, 15) is 13.2 Å². The maximum atomic E-state index is 12.0. The maximum Gasteiger partial charge on any atom is 0.401 e. The number of hydrogen-bond donors (Lipinski definition) is 2. The van der Waals surface area contributed by atoms with Crippen molar-refractivity contribution in [3.63, 3.8) is 0 Å². The molecule has 1 saturated heterocycles. The molecule has 1 rings (SSSR count). The predicted octanol–water partition coefficient (Wildman–Crippen LogP) is 1.36. The van der Waals surface area contributed by atoms with Crippen molar-refractivity contribution in [3.05, 3.63) is 0 Å². The highest BCUT2D eigenvalue weighted by Gasteiger charge is 2.35. The van der Waals surface area contributed by atoms with Gasteiger partial charge in [-0.1, -0.05) is 0 Å². The topological polar surface area (TPSA) is 38.0 Å². The van der Waals surface area contributed by atoms with Crippen LogP contribution in [0.5, 0.6) is 0 Å². The van der Waals surface area contributed by atoms with Gasteiger partial charge in [0.25, 0.3) is 0 Å². The number of nitrogens with two attached hydrogens (primary N) is 1. The van der Waals surface area contributed by atoms with Gasteiger partial charge in [0.05, 0.1) is 6.54 Å². The third kappa shape index (κ3) is 3.67. The Morgan fingerprint density at radius 3 is 2.29 bits per heavy atom. The lowest BCUT2D eigenvalue weighted by Gasteiger charge is -2.37. The van der Waals surface area contributed by atoms with E-state index in [-0.39, 0.29) is 6.54 Å². The molecule has 84 valence electrons. The molecule has 1 aliphatic heterocycles. The lowest BCUT2D eigenvalue weighted by molar-refractivity contribution is -0.128. The molecule has 0 aromatic heterocycles. The Morgan fingerprint density at radius 1 is 1.29 bits per heavy atom. The Morgan fingerprint density at radius 2 is 1.86 bits per heavy atom. The third-order valence-electron chi connectivity index (χ3n) is 2.50. The van der Waals surface area contributed by atoms with Gasteiger partial charge in [-0.15, -0.1) is 0 Å². The van der Waals surface area contributed by atoms with E-state index in [1.165, 1.54) is 0 Å². The van der Waals surface area contributed by atoms with Gasteiger partial charge in [0, 0.05) is 12.1 Å². The van der Waals surface area contributed by atoms with Gasteiger partial charge in [0.15, 0.2) is 0 Å². The van der Waals surface area contributed by atoms with Gasteiger partial charge in [-0.25, -0.2) is 0 Å². The normalized spacial score (nSPS) is 22.3. The molecule has 1 fully saturated rings. The lowest BCUT2D eigenvalue weighted by atomic mass is 9.92. The van der Waals surface area contributed by atoms with Crippen molar-refractivity contribution in [2.45, 2.75) is 24.6 Å². The molecule has 2 nitrogen and oxygen atoms in total. The molecule has 1 heterocycles. The largest absolute Gasteiger partial charge is 0.401 e. The highest BCUT2D eigenvalue weighted by atomic mass is 32.2. The number of alkyl halides is 3. The number of thioether (sulfide) groups is 1. The number of halogens is 3. The van der Waals surface area contributed by atoms with Crippen LogP contribution in [0.1, 0.15) is 12.8 Å². The van der Waals surface area contributed by atoms with Crippen LogP contribution >= 0.6 is 11.8 Å². The van der Waals surface area contributed by atoms with Crippen LogP contribution in [0.15, 0.2) is 0 Å². The van der Waals surface area contributed by atoms with Gasteiger partial charge in [0.1, 0.15) is 0 Å². The van der Waals surface area contributed by atoms with Gasteiger partial charge in [-0.3, -0.25) is 0 Å². The first-order valence-corrected chi connectivity index (χ1v) is 5.73. The van der Waals surface area contributed by atoms with Crippen molar-refractivity contribution in [1.29, 1.82) is 0 Å². The van der Waals surface area contributed by atoms with Crippen LogP contribution in [0, 0.1) is 0 Å². The van der Waals surface area contributed by atoms with E-state index < -0.39 is 18.3 Å². The van der Waals surface area contributed by atoms with E-state index in [1.807, 2.05) is 0 Å². The first-order valence-electron chi connectivity index (χ1n) is 4.57. The summed E-state index contributed by atoms with van der Waals surface area (Å²) in [5, 5.41) is 2.56. The predicted molar refractivity (Wildman–Crippen MR) is 52.4 cm³/mol. The molecule has 0 unspecified atom stereocenters. The van der Waals surface area contributed by atoms with Crippen LogP contribution in [0.25, 0.3) is 0 Å². The quantitative estimate of drug-likeness (QED) is 0.766. The Labute approximate surface area is 85.8 Å². The van der Waals surface area contributed by atoms with Crippen molar-refractivity contribution in [3.8, 4) is 0 Å². The Hall–Kier alpha value is 0.0600. The molecule has 0 aliphatic carbocycles. The molecular weight excluding hydrogens is 213 g/mol. The molecule has 1 aliphatic rings. The van der Waals surface area contributed by atoms with Crippen LogP contribution < -0.4 is 11.1 Å². The minimum atomic E-state index is -4.15. The molecular formula is C8H15F3N2S. The summed E-state index contributed by atoms with van der Waals surface area (Å²) in [6.07, 6.45) is -2.69. The van der Waals surface area contributed by atoms with Gasteiger partial charge < -0.3 is 11.1 Å². The average molecular weight is 228 g/mol. The van der Waals surface area contributed by atoms with Crippen LogP contribution in [0.3, 0.4) is 0 Å². The standard InChI is InChI=1S/C8H15F3N2S/c9-8(10,11)6-13-7(5-12)1-3-14-4-2-7/h13H,1-6,12H2. The summed E-state index contributed by atoms with van der Waals surface area (Å²) in [7, 11) is 0. The van der Waals surface area contributed by atoms with Gasteiger partial charge >= 0.3 is 6.18 Å². The van der Waals surface area contributed by atoms with E-state index in [4.69, 9.17) is 5.73 Å². The van der Waals surface area contributed by atoms with Gasteiger partial charge in [-0.05, 0) is 24.3 Å². The summed E-state index contributed by atoms with van der Waals surface area (Å²) in [6, 6.07) is 0. The molecule has 3 N–H and O–H groups in total. The first kappa shape index (κ1) is 12.1. The molecule has 6 heteroatoms. The summed E-state index contributed by atoms with van der Waals surface area (Å²) in [5.74, 6) is 1.78. The van der Waals surface area contributed by atoms with E-state index in [0.29, 0.717) is 0 Å². The molecule has 0 aromatic rings. The zero-order valence-electron chi connectivity index (χ0n) is 7.86. The van der Waals surface area contributed by atoms with Crippen molar-refractivity contribution >= 4 is 11.8 Å². The van der Waals surface area contributed by atoms with Crippen molar-refractivity contribution < 1.29 is 13.2 Å². The fraction of sp³-hybridized carbons (Fsp3) is 1.00. The number of rotatable bonds is 3. The fourth-order valence-electron chi connectivity index (χ4n) is 1.50. The summed E-state index contributed by atoms with van der Waals surface area (Å²) >= 11 is 1.77. The average Bonchev–Trinajstić information content (AvgIpc) is 2.15. The highest BCUT2D eigenvalue weighted by molar-refractivity contribution is 7.99. The van der Waals surface area contributed by atoms with Crippen LogP contribution in [-0.2, 0) is 0 Å². The summed E-state index contributed by atoms with van der Waals surface area (Å²) in [5.41, 5.74) is 5.04. The lowest BCUT2D eigenvalue weighted by Crippen LogP contribution is -2.55. The van der Waals surface area contributed by atoms with Crippen LogP contribution in [0.2, 0.25) is 0 Å². The minimum Gasteiger partial charge on any atom is -0.329 e. The monoisotopic (exact) mass is 228 g/mol. The van der Waals surface area contributed by atoms with Crippen molar-refractivity contribution in [1.82, 2.24) is 5.32 Å². The maximum absolute atomic E-state index is 12.0. The fourth-order valence-corrected chi connectivity index (χ4v) is 2.78. The Balaban J connectivity index is 2.44. The van der Waals surface area contributed by atoms with Gasteiger partial charge in [0.2, 0.25) is 0 Å². The van der Waals surface area contributed by atoms with E-state index in [1.54, 1.807) is 11.8 Å². The van der Waals surface area contributed by atoms with Crippen LogP contribution in [-0.4, -0.2) is 36.3 Å². The molecule has 14 heavy (non-hydrogen) atoms. The number of nitrogens with one attached hydrogen (secondary N) is 1. The van der Waals surface area contributed by atoms with E-state index in [0.717, 1.165) is 24.3 Å². The Bertz CT molecular complexity index is 178. The van der Waals surface area contributed by atoms with E-state index in [2.05, 4.69) is 5.32 Å². The minimum absolute atomic E-state index is 0.281. The third-order valence-corrected chi connectivity index (χ3v) is 3.49. The van der Waals surface area contributed by atoms with Crippen molar-refractivity contribution in [2.24, 2.45) is 5.73 Å². The summed E-state index contributed by atoms with van der Waals surface area (Å²) < 4.78 is 36.0. The zero-order valence-corrected chi connectivity index (χ0v) is 8.68. The molecule has 0 aromatic carbocycles. The highest BCUT2D eigenvalue weighted by Crippen LogP contribution is 2.27. The summed E-state index contributed by atoms with van der Waals surface area (Å²) in [6.45, 7) is -0.654. The molecule has 0 bridgehead atoms. The summed E-state index contributed by atoms with van der Waals surface area (Å²) in [4.78, 5) is 0. The second-order valence-corrected chi connectivity index (χ2v) is 4.79. The Kier molecular flexibility index (Phi) is 4.09. The second-order valence-electron chi connectivity index (χ2n) is 3.57. The van der Waals surface area contributed by atoms with Crippen molar-refractivity contribution in [2.75, 3.05) is 24.6 Å². The number of hydrogen-bond acceptors (Lipinski definition) is 3. The molecule has 0 atom stereocenters. The molecule has 0 radical (unpaired) electrons. The molecule has 0 saturated carbocycles. The molecule has 0 spiro atoms. The SMILES string of the molecule is NCC1(NCC(F)(F)F)CCSCC1. The van der Waals surface area contributed by atoms with Crippen LogP contribution in [0.4, 0.5) is 13.2 Å². The second kappa shape index (κ2) is 4.72. The smallest absolute Gasteiger partial charge is 0.329 e.